The second kappa shape index (κ2) is 6.27. The quantitative estimate of drug-likeness (QED) is 0.653. The first-order valence-electron chi connectivity index (χ1n) is 5.55. The standard InChI is InChI=1S/C11H19N3O2/c1-3-13-7-8-14(11(16)9-13)6-4-5-10(15)12-2/h4-5H,3,6-9H2,1-2H3,(H,12,15)/b5-4+. The van der Waals surface area contributed by atoms with E-state index in [0.29, 0.717) is 13.1 Å². The number of piperazine rings is 1. The number of nitrogens with zero attached hydrogens (tertiary/aromatic N) is 2. The minimum Gasteiger partial charge on any atom is -0.356 e. The Balaban J connectivity index is 2.36. The highest BCUT2D eigenvalue weighted by molar-refractivity contribution is 5.87. The third-order valence-electron chi connectivity index (χ3n) is 2.69. The number of likely N-dealkylation sites (N-methyl/N-ethyl adjacent to an activating group) is 2. The van der Waals surface area contributed by atoms with Crippen LogP contribution < -0.4 is 5.32 Å². The van der Waals surface area contributed by atoms with Crippen LogP contribution in [0.25, 0.3) is 0 Å². The van der Waals surface area contributed by atoms with Crippen molar-refractivity contribution in [2.45, 2.75) is 6.92 Å². The van der Waals surface area contributed by atoms with Gasteiger partial charge in [-0.05, 0) is 6.54 Å². The zero-order valence-corrected chi connectivity index (χ0v) is 9.90. The van der Waals surface area contributed by atoms with E-state index in [0.717, 1.165) is 19.6 Å². The van der Waals surface area contributed by atoms with E-state index in [-0.39, 0.29) is 11.8 Å². The topological polar surface area (TPSA) is 52.6 Å². The molecular formula is C11H19N3O2. The lowest BCUT2D eigenvalue weighted by atomic mass is 10.3. The number of carbonyl (C=O) groups is 2. The number of hydrogen-bond acceptors (Lipinski definition) is 3. The largest absolute Gasteiger partial charge is 0.356 e. The van der Waals surface area contributed by atoms with Gasteiger partial charge < -0.3 is 10.2 Å². The summed E-state index contributed by atoms with van der Waals surface area (Å²) in [5.74, 6) is -0.00528. The average molecular weight is 225 g/mol. The molecule has 0 bridgehead atoms. The van der Waals surface area contributed by atoms with E-state index in [1.54, 1.807) is 18.0 Å². The van der Waals surface area contributed by atoms with E-state index >= 15 is 0 Å². The fourth-order valence-corrected chi connectivity index (χ4v) is 1.59. The first-order valence-corrected chi connectivity index (χ1v) is 5.55. The molecule has 1 N–H and O–H groups in total. The predicted octanol–water partition coefficient (Wildman–Crippen LogP) is -0.547. The van der Waals surface area contributed by atoms with Crippen LogP contribution in [0.15, 0.2) is 12.2 Å². The summed E-state index contributed by atoms with van der Waals surface area (Å²) in [6.07, 6.45) is 3.18. The molecule has 0 saturated carbocycles. The van der Waals surface area contributed by atoms with Gasteiger partial charge in [-0.1, -0.05) is 13.0 Å². The molecule has 2 amide bonds. The van der Waals surface area contributed by atoms with Gasteiger partial charge in [0.25, 0.3) is 0 Å². The highest BCUT2D eigenvalue weighted by atomic mass is 16.2. The molecule has 1 heterocycles. The molecule has 0 aromatic rings. The van der Waals surface area contributed by atoms with E-state index in [9.17, 15) is 9.59 Å². The van der Waals surface area contributed by atoms with Crippen LogP contribution in [0.3, 0.4) is 0 Å². The Bertz CT molecular complexity index is 289. The summed E-state index contributed by atoms with van der Waals surface area (Å²) in [6, 6.07) is 0. The van der Waals surface area contributed by atoms with Crippen LogP contribution in [0.2, 0.25) is 0 Å². The molecule has 0 aromatic heterocycles. The molecule has 0 spiro atoms. The highest BCUT2D eigenvalue weighted by Gasteiger charge is 2.21. The fourth-order valence-electron chi connectivity index (χ4n) is 1.59. The lowest BCUT2D eigenvalue weighted by Gasteiger charge is -2.32. The van der Waals surface area contributed by atoms with Crippen molar-refractivity contribution in [1.82, 2.24) is 15.1 Å². The van der Waals surface area contributed by atoms with E-state index in [4.69, 9.17) is 0 Å². The third-order valence-corrected chi connectivity index (χ3v) is 2.69. The summed E-state index contributed by atoms with van der Waals surface area (Å²) in [5.41, 5.74) is 0. The maximum Gasteiger partial charge on any atom is 0.243 e. The van der Waals surface area contributed by atoms with Gasteiger partial charge in [0.1, 0.15) is 0 Å². The Morgan fingerprint density at radius 1 is 1.50 bits per heavy atom. The molecule has 0 aliphatic carbocycles. The van der Waals surface area contributed by atoms with Crippen molar-refractivity contribution in [1.29, 1.82) is 0 Å². The molecule has 90 valence electrons. The number of hydrogen-bond donors (Lipinski definition) is 1. The lowest BCUT2D eigenvalue weighted by Crippen LogP contribution is -2.50. The second-order valence-electron chi connectivity index (χ2n) is 3.73. The maximum absolute atomic E-state index is 11.7. The molecule has 1 aliphatic rings. The lowest BCUT2D eigenvalue weighted by molar-refractivity contribution is -0.135. The van der Waals surface area contributed by atoms with Crippen molar-refractivity contribution in [3.05, 3.63) is 12.2 Å². The SMILES string of the molecule is CCN1CCN(C/C=C/C(=O)NC)C(=O)C1. The number of amides is 2. The fraction of sp³-hybridized carbons (Fsp3) is 0.636. The van der Waals surface area contributed by atoms with Gasteiger partial charge in [0.15, 0.2) is 0 Å². The molecule has 5 heteroatoms. The van der Waals surface area contributed by atoms with Crippen molar-refractivity contribution >= 4 is 11.8 Å². The van der Waals surface area contributed by atoms with Crippen molar-refractivity contribution in [2.24, 2.45) is 0 Å². The van der Waals surface area contributed by atoms with Gasteiger partial charge in [0.2, 0.25) is 11.8 Å². The number of carbonyl (C=O) groups excluding carboxylic acids is 2. The average Bonchev–Trinajstić information content (AvgIpc) is 2.30. The highest BCUT2D eigenvalue weighted by Crippen LogP contribution is 2.02. The Kier molecular flexibility index (Phi) is 4.98. The molecule has 1 fully saturated rings. The summed E-state index contributed by atoms with van der Waals surface area (Å²) in [7, 11) is 1.58. The van der Waals surface area contributed by atoms with Gasteiger partial charge in [-0.25, -0.2) is 0 Å². The van der Waals surface area contributed by atoms with Crippen molar-refractivity contribution in [3.63, 3.8) is 0 Å². The van der Waals surface area contributed by atoms with E-state index in [1.165, 1.54) is 6.08 Å². The minimum atomic E-state index is -0.139. The predicted molar refractivity (Wildman–Crippen MR) is 61.9 cm³/mol. The monoisotopic (exact) mass is 225 g/mol. The van der Waals surface area contributed by atoms with E-state index in [1.807, 2.05) is 0 Å². The summed E-state index contributed by atoms with van der Waals surface area (Å²) < 4.78 is 0. The Hall–Kier alpha value is -1.36. The van der Waals surface area contributed by atoms with Crippen LogP contribution in [0.4, 0.5) is 0 Å². The molecule has 0 aromatic carbocycles. The minimum absolute atomic E-state index is 0.134. The van der Waals surface area contributed by atoms with Gasteiger partial charge in [0, 0.05) is 32.8 Å². The van der Waals surface area contributed by atoms with Crippen LogP contribution in [0.5, 0.6) is 0 Å². The van der Waals surface area contributed by atoms with Gasteiger partial charge in [-0.2, -0.15) is 0 Å². The zero-order valence-electron chi connectivity index (χ0n) is 9.90. The van der Waals surface area contributed by atoms with Crippen molar-refractivity contribution < 1.29 is 9.59 Å². The molecule has 1 aliphatic heterocycles. The number of nitrogens with one attached hydrogen (secondary N) is 1. The summed E-state index contributed by atoms with van der Waals surface area (Å²) in [6.45, 7) is 5.62. The van der Waals surface area contributed by atoms with Gasteiger partial charge in [0.05, 0.1) is 6.54 Å². The van der Waals surface area contributed by atoms with Gasteiger partial charge in [-0.15, -0.1) is 0 Å². The second-order valence-corrected chi connectivity index (χ2v) is 3.73. The third kappa shape index (κ3) is 3.66. The Morgan fingerprint density at radius 2 is 2.25 bits per heavy atom. The first-order chi connectivity index (χ1) is 7.67. The molecule has 0 radical (unpaired) electrons. The van der Waals surface area contributed by atoms with Gasteiger partial charge in [-0.3, -0.25) is 14.5 Å². The molecule has 5 nitrogen and oxygen atoms in total. The Morgan fingerprint density at radius 3 is 2.81 bits per heavy atom. The number of rotatable bonds is 4. The molecule has 1 rings (SSSR count). The first kappa shape index (κ1) is 12.7. The zero-order chi connectivity index (χ0) is 12.0. The molecule has 1 saturated heterocycles. The van der Waals surface area contributed by atoms with E-state index in [2.05, 4.69) is 17.1 Å². The van der Waals surface area contributed by atoms with Crippen LogP contribution in [-0.2, 0) is 9.59 Å². The van der Waals surface area contributed by atoms with Crippen LogP contribution in [-0.4, -0.2) is 61.4 Å². The van der Waals surface area contributed by atoms with Crippen LogP contribution >= 0.6 is 0 Å². The summed E-state index contributed by atoms with van der Waals surface area (Å²) in [4.78, 5) is 26.5. The summed E-state index contributed by atoms with van der Waals surface area (Å²) in [5, 5.41) is 2.49. The van der Waals surface area contributed by atoms with E-state index < -0.39 is 0 Å². The molecule has 0 unspecified atom stereocenters. The van der Waals surface area contributed by atoms with Crippen LogP contribution in [0, 0.1) is 0 Å². The summed E-state index contributed by atoms with van der Waals surface area (Å²) >= 11 is 0. The molecule has 16 heavy (non-hydrogen) atoms. The van der Waals surface area contributed by atoms with Crippen LogP contribution in [0.1, 0.15) is 6.92 Å². The molecule has 0 atom stereocenters. The normalized spacial score (nSPS) is 18.1. The Labute approximate surface area is 96.1 Å². The molecular weight excluding hydrogens is 206 g/mol. The van der Waals surface area contributed by atoms with Crippen molar-refractivity contribution in [2.75, 3.05) is 39.8 Å². The smallest absolute Gasteiger partial charge is 0.243 e. The van der Waals surface area contributed by atoms with Crippen molar-refractivity contribution in [3.8, 4) is 0 Å². The maximum atomic E-state index is 11.7. The van der Waals surface area contributed by atoms with Gasteiger partial charge >= 0.3 is 0 Å².